The molecule has 33 heavy (non-hydrogen) atoms. The number of Topliss-reactive ketones (excluding diaryl/α,β-unsaturated/α-hetero) is 1. The van der Waals surface area contributed by atoms with Gasteiger partial charge in [-0.05, 0) is 73.7 Å². The highest BCUT2D eigenvalue weighted by Crippen LogP contribution is 2.43. The van der Waals surface area contributed by atoms with E-state index < -0.39 is 17.7 Å². The molecular formula is C27H35NO4S. The standard InChI is InChI=1S/C27H35NO4S/c1-16(2)32-13-8-12-28-22(25-18(4)11-14-33-25)21(24(30)26(28)31)23(29)20-15-19(27(5,6)7)10-9-17(20)3/h9-11,14-16,22,29H,8,12-13H2,1-7H3/b23-21+. The average molecular weight is 470 g/mol. The van der Waals surface area contributed by atoms with Crippen LogP contribution in [0.1, 0.15) is 74.2 Å². The number of amides is 1. The van der Waals surface area contributed by atoms with Crippen molar-refractivity contribution in [2.45, 2.75) is 72.4 Å². The molecule has 6 heteroatoms. The van der Waals surface area contributed by atoms with Crippen LogP contribution in [0.15, 0.2) is 35.2 Å². The van der Waals surface area contributed by atoms with Crippen LogP contribution in [0.5, 0.6) is 0 Å². The van der Waals surface area contributed by atoms with E-state index in [0.717, 1.165) is 21.6 Å². The number of aliphatic hydroxyl groups is 1. The minimum Gasteiger partial charge on any atom is -0.507 e. The van der Waals surface area contributed by atoms with Crippen LogP contribution in [0.2, 0.25) is 0 Å². The quantitative estimate of drug-likeness (QED) is 0.237. The first-order valence-corrected chi connectivity index (χ1v) is 12.4. The number of ether oxygens (including phenoxy) is 1. The van der Waals surface area contributed by atoms with E-state index in [-0.39, 0.29) is 22.9 Å². The zero-order valence-electron chi connectivity index (χ0n) is 20.7. The van der Waals surface area contributed by atoms with Crippen molar-refractivity contribution in [2.24, 2.45) is 0 Å². The molecule has 2 aromatic rings. The van der Waals surface area contributed by atoms with E-state index in [0.29, 0.717) is 25.1 Å². The smallest absolute Gasteiger partial charge is 0.295 e. The molecule has 1 saturated heterocycles. The number of likely N-dealkylation sites (tertiary alicyclic amines) is 1. The molecule has 1 aliphatic rings. The minimum absolute atomic E-state index is 0.101. The van der Waals surface area contributed by atoms with E-state index in [1.54, 1.807) is 4.90 Å². The lowest BCUT2D eigenvalue weighted by molar-refractivity contribution is -0.140. The number of ketones is 1. The summed E-state index contributed by atoms with van der Waals surface area (Å²) < 4.78 is 5.64. The van der Waals surface area contributed by atoms with E-state index in [1.807, 2.05) is 57.3 Å². The Labute approximate surface area is 201 Å². The number of aryl methyl sites for hydroxylation is 2. The molecule has 0 aliphatic carbocycles. The van der Waals surface area contributed by atoms with Gasteiger partial charge in [-0.1, -0.05) is 32.9 Å². The van der Waals surface area contributed by atoms with Crippen molar-refractivity contribution < 1.29 is 19.4 Å². The summed E-state index contributed by atoms with van der Waals surface area (Å²) in [5.74, 6) is -1.30. The van der Waals surface area contributed by atoms with E-state index in [2.05, 4.69) is 20.8 Å². The van der Waals surface area contributed by atoms with Gasteiger partial charge < -0.3 is 14.7 Å². The van der Waals surface area contributed by atoms with Crippen LogP contribution < -0.4 is 0 Å². The number of carbonyl (C=O) groups is 2. The Kier molecular flexibility index (Phi) is 7.49. The largest absolute Gasteiger partial charge is 0.507 e. The third-order valence-electron chi connectivity index (χ3n) is 6.04. The number of hydrogen-bond acceptors (Lipinski definition) is 5. The summed E-state index contributed by atoms with van der Waals surface area (Å²) in [5, 5.41) is 13.4. The minimum atomic E-state index is -0.629. The summed E-state index contributed by atoms with van der Waals surface area (Å²) >= 11 is 1.50. The molecule has 3 rings (SSSR count). The number of rotatable bonds is 7. The predicted molar refractivity (Wildman–Crippen MR) is 134 cm³/mol. The van der Waals surface area contributed by atoms with Crippen molar-refractivity contribution in [2.75, 3.05) is 13.2 Å². The molecule has 0 spiro atoms. The van der Waals surface area contributed by atoms with Gasteiger partial charge in [0.05, 0.1) is 17.7 Å². The molecule has 5 nitrogen and oxygen atoms in total. The van der Waals surface area contributed by atoms with Crippen molar-refractivity contribution in [3.05, 3.63) is 62.3 Å². The fourth-order valence-electron chi connectivity index (χ4n) is 4.09. The van der Waals surface area contributed by atoms with Gasteiger partial charge in [-0.3, -0.25) is 9.59 Å². The van der Waals surface area contributed by atoms with Crippen molar-refractivity contribution >= 4 is 28.8 Å². The molecule has 0 radical (unpaired) electrons. The first-order chi connectivity index (χ1) is 15.4. The van der Waals surface area contributed by atoms with Crippen LogP contribution in [0.25, 0.3) is 5.76 Å². The number of hydrogen-bond donors (Lipinski definition) is 1. The molecule has 1 aromatic heterocycles. The van der Waals surface area contributed by atoms with Crippen LogP contribution in [-0.2, 0) is 19.7 Å². The van der Waals surface area contributed by atoms with Crippen molar-refractivity contribution in [3.63, 3.8) is 0 Å². The zero-order chi connectivity index (χ0) is 24.5. The Morgan fingerprint density at radius 1 is 1.15 bits per heavy atom. The molecule has 0 bridgehead atoms. The lowest BCUT2D eigenvalue weighted by Gasteiger charge is -2.25. The molecular weight excluding hydrogens is 434 g/mol. The van der Waals surface area contributed by atoms with Crippen LogP contribution in [-0.4, -0.2) is 41.0 Å². The number of nitrogens with zero attached hydrogens (tertiary/aromatic N) is 1. The highest BCUT2D eigenvalue weighted by molar-refractivity contribution is 7.10. The maximum Gasteiger partial charge on any atom is 0.295 e. The van der Waals surface area contributed by atoms with Gasteiger partial charge in [-0.2, -0.15) is 0 Å². The summed E-state index contributed by atoms with van der Waals surface area (Å²) in [6, 6.07) is 7.32. The Bertz CT molecular complexity index is 1070. The molecule has 1 atom stereocenters. The number of thiophene rings is 1. The highest BCUT2D eigenvalue weighted by atomic mass is 32.1. The zero-order valence-corrected chi connectivity index (χ0v) is 21.5. The number of carbonyl (C=O) groups excluding carboxylic acids is 2. The second-order valence-corrected chi connectivity index (χ2v) is 11.0. The Morgan fingerprint density at radius 2 is 1.85 bits per heavy atom. The highest BCUT2D eigenvalue weighted by Gasteiger charge is 2.47. The van der Waals surface area contributed by atoms with E-state index in [9.17, 15) is 14.7 Å². The van der Waals surface area contributed by atoms with Gasteiger partial charge in [0, 0.05) is 23.6 Å². The number of benzene rings is 1. The van der Waals surface area contributed by atoms with Crippen molar-refractivity contribution in [1.82, 2.24) is 4.90 Å². The summed E-state index contributed by atoms with van der Waals surface area (Å²) in [7, 11) is 0. The molecule has 1 N–H and O–H groups in total. The molecule has 1 amide bonds. The van der Waals surface area contributed by atoms with E-state index in [1.165, 1.54) is 11.3 Å². The monoisotopic (exact) mass is 469 g/mol. The SMILES string of the molecule is Cc1ccc(C(C)(C)C)cc1/C(O)=C1\C(=O)C(=O)N(CCCOC(C)C)C1c1sccc1C. The maximum absolute atomic E-state index is 13.2. The summed E-state index contributed by atoms with van der Waals surface area (Å²) in [4.78, 5) is 28.9. The first-order valence-electron chi connectivity index (χ1n) is 11.5. The molecule has 2 heterocycles. The summed E-state index contributed by atoms with van der Waals surface area (Å²) in [6.45, 7) is 15.0. The lowest BCUT2D eigenvalue weighted by atomic mass is 9.84. The van der Waals surface area contributed by atoms with Gasteiger partial charge in [-0.15, -0.1) is 11.3 Å². The third-order valence-corrected chi connectivity index (χ3v) is 7.11. The first kappa shape index (κ1) is 25.2. The molecule has 1 aromatic carbocycles. The topological polar surface area (TPSA) is 66.8 Å². The molecule has 1 fully saturated rings. The average Bonchev–Trinajstić information content (AvgIpc) is 3.25. The van der Waals surface area contributed by atoms with Gasteiger partial charge >= 0.3 is 0 Å². The van der Waals surface area contributed by atoms with Crippen LogP contribution in [0.4, 0.5) is 0 Å². The fourth-order valence-corrected chi connectivity index (χ4v) is 5.14. The van der Waals surface area contributed by atoms with Crippen molar-refractivity contribution in [1.29, 1.82) is 0 Å². The van der Waals surface area contributed by atoms with Gasteiger partial charge in [0.2, 0.25) is 0 Å². The third kappa shape index (κ3) is 5.22. The summed E-state index contributed by atoms with van der Waals surface area (Å²) in [5.41, 5.74) is 3.57. The molecule has 1 aliphatic heterocycles. The van der Waals surface area contributed by atoms with E-state index >= 15 is 0 Å². The molecule has 1 unspecified atom stereocenters. The Hall–Kier alpha value is -2.44. The normalized spacial score (nSPS) is 18.5. The second kappa shape index (κ2) is 9.82. The van der Waals surface area contributed by atoms with Gasteiger partial charge in [0.15, 0.2) is 0 Å². The van der Waals surface area contributed by atoms with Gasteiger partial charge in [-0.25, -0.2) is 0 Å². The molecule has 0 saturated carbocycles. The molecule has 178 valence electrons. The Balaban J connectivity index is 2.11. The van der Waals surface area contributed by atoms with Crippen LogP contribution in [0.3, 0.4) is 0 Å². The lowest BCUT2D eigenvalue weighted by Crippen LogP contribution is -2.31. The second-order valence-electron chi connectivity index (χ2n) is 10.0. The van der Waals surface area contributed by atoms with Gasteiger partial charge in [0.1, 0.15) is 5.76 Å². The Morgan fingerprint density at radius 3 is 2.42 bits per heavy atom. The van der Waals surface area contributed by atoms with Crippen LogP contribution >= 0.6 is 11.3 Å². The van der Waals surface area contributed by atoms with Crippen LogP contribution in [0, 0.1) is 13.8 Å². The summed E-state index contributed by atoms with van der Waals surface area (Å²) in [6.07, 6.45) is 0.721. The van der Waals surface area contributed by atoms with Gasteiger partial charge in [0.25, 0.3) is 11.7 Å². The number of aliphatic hydroxyl groups excluding tert-OH is 1. The predicted octanol–water partition coefficient (Wildman–Crippen LogP) is 5.90. The fraction of sp³-hybridized carbons (Fsp3) is 0.481. The van der Waals surface area contributed by atoms with Crippen molar-refractivity contribution in [3.8, 4) is 0 Å². The maximum atomic E-state index is 13.2. The van der Waals surface area contributed by atoms with E-state index in [4.69, 9.17) is 4.74 Å².